The first-order valence-corrected chi connectivity index (χ1v) is 7.26. The minimum absolute atomic E-state index is 0.0236. The molecule has 1 heterocycles. The third kappa shape index (κ3) is 2.90. The summed E-state index contributed by atoms with van der Waals surface area (Å²) in [5.41, 5.74) is -0.529. The minimum Gasteiger partial charge on any atom is -0.508 e. The van der Waals surface area contributed by atoms with Crippen molar-refractivity contribution >= 4 is 22.8 Å². The Kier molecular flexibility index (Phi) is 3.94. The Balaban J connectivity index is 2.30. The highest BCUT2D eigenvalue weighted by Crippen LogP contribution is 2.36. The van der Waals surface area contributed by atoms with Crippen LogP contribution in [0.15, 0.2) is 23.2 Å². The Morgan fingerprint density at radius 1 is 1.45 bits per heavy atom. The maximum absolute atomic E-state index is 12.1. The van der Waals surface area contributed by atoms with E-state index in [4.69, 9.17) is 4.74 Å². The van der Waals surface area contributed by atoms with Crippen molar-refractivity contribution in [3.63, 3.8) is 0 Å². The predicted molar refractivity (Wildman–Crippen MR) is 78.4 cm³/mol. The van der Waals surface area contributed by atoms with Gasteiger partial charge in [-0.25, -0.2) is 4.79 Å². The van der Waals surface area contributed by atoms with Gasteiger partial charge in [0.05, 0.1) is 11.7 Å². The second kappa shape index (κ2) is 5.36. The van der Waals surface area contributed by atoms with Crippen LogP contribution in [0.1, 0.15) is 26.3 Å². The Morgan fingerprint density at radius 2 is 2.15 bits per heavy atom. The molecule has 108 valence electrons. The van der Waals surface area contributed by atoms with Gasteiger partial charge in [0.25, 0.3) is 0 Å². The number of rotatable bonds is 3. The molecule has 1 aliphatic rings. The number of hydrogen-bond donors (Lipinski definition) is 2. The molecule has 1 aromatic rings. The van der Waals surface area contributed by atoms with Crippen LogP contribution in [0.2, 0.25) is 0 Å². The van der Waals surface area contributed by atoms with Crippen LogP contribution in [-0.4, -0.2) is 38.6 Å². The fraction of sp³-hybridized carbons (Fsp3) is 0.429. The molecule has 2 N–H and O–H groups in total. The third-order valence-electron chi connectivity index (χ3n) is 2.83. The standard InChI is InChI=1S/C14H17NO4S/c1-8(2)19-13(18)14(3)7-20-12(15-14)10-6-9(16)4-5-11(10)17/h4-6,8,16-17H,7H2,1-3H3/t14-/m1/s1. The summed E-state index contributed by atoms with van der Waals surface area (Å²) < 4.78 is 5.20. The Morgan fingerprint density at radius 3 is 2.80 bits per heavy atom. The van der Waals surface area contributed by atoms with E-state index in [0.29, 0.717) is 16.4 Å². The molecule has 0 radical (unpaired) electrons. The van der Waals surface area contributed by atoms with Crippen LogP contribution in [0.25, 0.3) is 0 Å². The van der Waals surface area contributed by atoms with Gasteiger partial charge in [0.1, 0.15) is 16.5 Å². The van der Waals surface area contributed by atoms with Gasteiger partial charge in [0.15, 0.2) is 5.54 Å². The van der Waals surface area contributed by atoms with Crippen LogP contribution >= 0.6 is 11.8 Å². The smallest absolute Gasteiger partial charge is 0.334 e. The first kappa shape index (κ1) is 14.7. The minimum atomic E-state index is -0.956. The molecule has 0 unspecified atom stereocenters. The van der Waals surface area contributed by atoms with Crippen molar-refractivity contribution in [3.8, 4) is 11.5 Å². The predicted octanol–water partition coefficient (Wildman–Crippen LogP) is 2.30. The van der Waals surface area contributed by atoms with Crippen LogP contribution in [0, 0.1) is 0 Å². The third-order valence-corrected chi connectivity index (χ3v) is 4.12. The van der Waals surface area contributed by atoms with Gasteiger partial charge in [0, 0.05) is 5.75 Å². The molecule has 2 rings (SSSR count). The number of carbonyl (C=O) groups is 1. The van der Waals surface area contributed by atoms with Gasteiger partial charge in [-0.1, -0.05) is 0 Å². The molecule has 1 atom stereocenters. The molecule has 1 aromatic carbocycles. The van der Waals surface area contributed by atoms with Gasteiger partial charge in [-0.15, -0.1) is 11.8 Å². The molecule has 6 heteroatoms. The van der Waals surface area contributed by atoms with Crippen LogP contribution in [0.4, 0.5) is 0 Å². The lowest BCUT2D eigenvalue weighted by Gasteiger charge is -2.19. The van der Waals surface area contributed by atoms with Crippen molar-refractivity contribution in [2.75, 3.05) is 5.75 Å². The average Bonchev–Trinajstić information content (AvgIpc) is 2.75. The van der Waals surface area contributed by atoms with E-state index < -0.39 is 5.54 Å². The van der Waals surface area contributed by atoms with Crippen molar-refractivity contribution < 1.29 is 19.7 Å². The fourth-order valence-corrected chi connectivity index (χ4v) is 2.96. The fourth-order valence-electron chi connectivity index (χ4n) is 1.78. The number of phenols is 2. The van der Waals surface area contributed by atoms with E-state index in [1.165, 1.54) is 30.0 Å². The molecule has 0 saturated heterocycles. The first-order valence-electron chi connectivity index (χ1n) is 6.28. The van der Waals surface area contributed by atoms with Crippen LogP contribution < -0.4 is 0 Å². The Hall–Kier alpha value is -1.69. The highest BCUT2D eigenvalue weighted by Gasteiger charge is 2.40. The van der Waals surface area contributed by atoms with Crippen molar-refractivity contribution in [3.05, 3.63) is 23.8 Å². The molecule has 0 fully saturated rings. The lowest BCUT2D eigenvalue weighted by molar-refractivity contribution is -0.152. The van der Waals surface area contributed by atoms with E-state index in [1.807, 2.05) is 0 Å². The van der Waals surface area contributed by atoms with Crippen molar-refractivity contribution in [1.82, 2.24) is 0 Å². The molecule has 0 spiro atoms. The maximum Gasteiger partial charge on any atom is 0.334 e. The molecule has 20 heavy (non-hydrogen) atoms. The van der Waals surface area contributed by atoms with Gasteiger partial charge in [-0.3, -0.25) is 4.99 Å². The molecule has 1 aliphatic heterocycles. The van der Waals surface area contributed by atoms with E-state index >= 15 is 0 Å². The molecule has 0 aliphatic carbocycles. The Labute approximate surface area is 121 Å². The summed E-state index contributed by atoms with van der Waals surface area (Å²) in [6, 6.07) is 4.22. The maximum atomic E-state index is 12.1. The normalized spacial score (nSPS) is 21.9. The summed E-state index contributed by atoms with van der Waals surface area (Å²) in [7, 11) is 0. The number of aliphatic imine (C=N–C) groups is 1. The topological polar surface area (TPSA) is 79.1 Å². The first-order chi connectivity index (χ1) is 9.32. The molecular weight excluding hydrogens is 278 g/mol. The van der Waals surface area contributed by atoms with Gasteiger partial charge in [-0.2, -0.15) is 0 Å². The van der Waals surface area contributed by atoms with Gasteiger partial charge < -0.3 is 14.9 Å². The van der Waals surface area contributed by atoms with Gasteiger partial charge in [0.2, 0.25) is 0 Å². The van der Waals surface area contributed by atoms with E-state index in [-0.39, 0.29) is 23.6 Å². The number of ether oxygens (including phenoxy) is 1. The summed E-state index contributed by atoms with van der Waals surface area (Å²) in [5.74, 6) is 0.132. The van der Waals surface area contributed by atoms with Crippen LogP contribution in [0.3, 0.4) is 0 Å². The highest BCUT2D eigenvalue weighted by atomic mass is 32.2. The number of benzene rings is 1. The van der Waals surface area contributed by atoms with Gasteiger partial charge in [-0.05, 0) is 39.0 Å². The summed E-state index contributed by atoms with van der Waals surface area (Å²) in [6.07, 6.45) is -0.197. The second-order valence-electron chi connectivity index (χ2n) is 5.14. The summed E-state index contributed by atoms with van der Waals surface area (Å²) in [5, 5.41) is 19.8. The molecule has 0 amide bonds. The van der Waals surface area contributed by atoms with E-state index in [2.05, 4.69) is 4.99 Å². The number of phenolic OH excluding ortho intramolecular Hbond substituents is 2. The van der Waals surface area contributed by atoms with Crippen LogP contribution in [0.5, 0.6) is 11.5 Å². The van der Waals surface area contributed by atoms with Crippen molar-refractivity contribution in [2.45, 2.75) is 32.4 Å². The van der Waals surface area contributed by atoms with Crippen molar-refractivity contribution in [2.24, 2.45) is 4.99 Å². The average molecular weight is 295 g/mol. The van der Waals surface area contributed by atoms with E-state index in [0.717, 1.165) is 0 Å². The SMILES string of the molecule is CC(C)OC(=O)[C@@]1(C)CSC(c2cc(O)ccc2O)=N1. The van der Waals surface area contributed by atoms with Crippen LogP contribution in [-0.2, 0) is 9.53 Å². The molecule has 0 bridgehead atoms. The Bertz CT molecular complexity index is 570. The number of hydrogen-bond acceptors (Lipinski definition) is 6. The largest absolute Gasteiger partial charge is 0.508 e. The number of thioether (sulfide) groups is 1. The zero-order valence-electron chi connectivity index (χ0n) is 11.6. The summed E-state index contributed by atoms with van der Waals surface area (Å²) in [6.45, 7) is 5.28. The van der Waals surface area contributed by atoms with Crippen molar-refractivity contribution in [1.29, 1.82) is 0 Å². The lowest BCUT2D eigenvalue weighted by atomic mass is 10.1. The zero-order valence-corrected chi connectivity index (χ0v) is 12.4. The highest BCUT2D eigenvalue weighted by molar-refractivity contribution is 8.14. The van der Waals surface area contributed by atoms with E-state index in [1.54, 1.807) is 20.8 Å². The quantitative estimate of drug-likeness (QED) is 0.661. The summed E-state index contributed by atoms with van der Waals surface area (Å²) in [4.78, 5) is 16.4. The number of esters is 1. The summed E-state index contributed by atoms with van der Waals surface area (Å²) >= 11 is 1.36. The second-order valence-corrected chi connectivity index (χ2v) is 6.10. The zero-order chi connectivity index (χ0) is 14.9. The lowest BCUT2D eigenvalue weighted by Crippen LogP contribution is -2.37. The number of nitrogens with zero attached hydrogens (tertiary/aromatic N) is 1. The molecular formula is C14H17NO4S. The molecule has 0 aromatic heterocycles. The monoisotopic (exact) mass is 295 g/mol. The van der Waals surface area contributed by atoms with E-state index in [9.17, 15) is 15.0 Å². The molecule has 5 nitrogen and oxygen atoms in total. The number of aromatic hydroxyl groups is 2. The number of carbonyl (C=O) groups excluding carboxylic acids is 1. The molecule has 0 saturated carbocycles. The van der Waals surface area contributed by atoms with Gasteiger partial charge >= 0.3 is 5.97 Å².